The van der Waals surface area contributed by atoms with Gasteiger partial charge in [0.2, 0.25) is 0 Å². The molecule has 2 aromatic rings. The molecular formula is C15H13BrN2O3. The minimum atomic E-state index is -0.438. The molecule has 0 aliphatic carbocycles. The van der Waals surface area contributed by atoms with Crippen LogP contribution in [0.4, 0.5) is 11.4 Å². The summed E-state index contributed by atoms with van der Waals surface area (Å²) in [6.45, 7) is 1.85. The van der Waals surface area contributed by atoms with Gasteiger partial charge in [-0.2, -0.15) is 0 Å². The van der Waals surface area contributed by atoms with Crippen LogP contribution in [-0.2, 0) is 6.42 Å². The Labute approximate surface area is 130 Å². The molecule has 1 amide bonds. The second-order valence-electron chi connectivity index (χ2n) is 4.39. The van der Waals surface area contributed by atoms with Crippen LogP contribution < -0.4 is 5.32 Å². The predicted octanol–water partition coefficient (Wildman–Crippen LogP) is 4.17. The lowest BCUT2D eigenvalue weighted by Crippen LogP contribution is -2.12. The van der Waals surface area contributed by atoms with Crippen LogP contribution in [-0.4, -0.2) is 10.8 Å². The summed E-state index contributed by atoms with van der Waals surface area (Å²) in [5, 5.41) is 13.7. The fourth-order valence-corrected chi connectivity index (χ4v) is 2.42. The molecule has 0 saturated carbocycles. The molecule has 2 aromatic carbocycles. The molecule has 2 rings (SSSR count). The first kappa shape index (κ1) is 15.2. The molecule has 5 nitrogen and oxygen atoms in total. The van der Waals surface area contributed by atoms with Gasteiger partial charge in [0.05, 0.1) is 10.5 Å². The number of nitro groups is 1. The Morgan fingerprint density at radius 3 is 2.62 bits per heavy atom. The van der Waals surface area contributed by atoms with Crippen LogP contribution in [0.3, 0.4) is 0 Å². The summed E-state index contributed by atoms with van der Waals surface area (Å²) in [5.74, 6) is -0.318. The summed E-state index contributed by atoms with van der Waals surface area (Å²) in [6, 6.07) is 11.7. The molecule has 0 aliphatic heterocycles. The third kappa shape index (κ3) is 3.46. The van der Waals surface area contributed by atoms with Gasteiger partial charge in [0.25, 0.3) is 11.6 Å². The molecule has 21 heavy (non-hydrogen) atoms. The zero-order chi connectivity index (χ0) is 15.4. The Hall–Kier alpha value is -2.21. The molecule has 0 bridgehead atoms. The largest absolute Gasteiger partial charge is 0.322 e. The number of carbonyl (C=O) groups is 1. The van der Waals surface area contributed by atoms with Crippen molar-refractivity contribution in [1.82, 2.24) is 0 Å². The lowest BCUT2D eigenvalue weighted by Gasteiger charge is -2.08. The number of nitrogens with one attached hydrogen (secondary N) is 1. The van der Waals surface area contributed by atoms with Crippen LogP contribution in [0.5, 0.6) is 0 Å². The van der Waals surface area contributed by atoms with Gasteiger partial charge < -0.3 is 5.32 Å². The number of aryl methyl sites for hydroxylation is 1. The number of hydrogen-bond donors (Lipinski definition) is 1. The van der Waals surface area contributed by atoms with Gasteiger partial charge in [-0.05, 0) is 40.5 Å². The van der Waals surface area contributed by atoms with Gasteiger partial charge in [0.1, 0.15) is 0 Å². The lowest BCUT2D eigenvalue weighted by atomic mass is 10.1. The Kier molecular flexibility index (Phi) is 4.70. The van der Waals surface area contributed by atoms with Crippen molar-refractivity contribution in [3.63, 3.8) is 0 Å². The van der Waals surface area contributed by atoms with Crippen molar-refractivity contribution in [1.29, 1.82) is 0 Å². The fraction of sp³-hybridized carbons (Fsp3) is 0.133. The molecule has 108 valence electrons. The van der Waals surface area contributed by atoms with E-state index in [1.54, 1.807) is 30.3 Å². The fourth-order valence-electron chi connectivity index (χ4n) is 1.95. The second kappa shape index (κ2) is 6.49. The Balaban J connectivity index is 2.28. The number of rotatable bonds is 4. The highest BCUT2D eigenvalue weighted by molar-refractivity contribution is 9.10. The summed E-state index contributed by atoms with van der Waals surface area (Å²) in [7, 11) is 0. The molecule has 0 spiro atoms. The normalized spacial score (nSPS) is 10.2. The summed E-state index contributed by atoms with van der Waals surface area (Å²) in [5.41, 5.74) is 1.53. The van der Waals surface area contributed by atoms with E-state index < -0.39 is 4.92 Å². The molecule has 0 fully saturated rings. The first-order valence-corrected chi connectivity index (χ1v) is 7.15. The number of carbonyl (C=O) groups excluding carboxylic acids is 1. The number of nitrogens with zero attached hydrogens (tertiary/aromatic N) is 1. The van der Waals surface area contributed by atoms with Gasteiger partial charge in [-0.25, -0.2) is 0 Å². The maximum absolute atomic E-state index is 12.2. The van der Waals surface area contributed by atoms with E-state index in [0.29, 0.717) is 27.7 Å². The van der Waals surface area contributed by atoms with Gasteiger partial charge in [-0.15, -0.1) is 0 Å². The SMILES string of the molecule is CCc1ccc(NC(=O)c2ccccc2Br)cc1[N+](=O)[O-]. The van der Waals surface area contributed by atoms with Crippen molar-refractivity contribution < 1.29 is 9.72 Å². The lowest BCUT2D eigenvalue weighted by molar-refractivity contribution is -0.385. The highest BCUT2D eigenvalue weighted by Crippen LogP contribution is 2.25. The molecule has 6 heteroatoms. The average molecular weight is 349 g/mol. The van der Waals surface area contributed by atoms with E-state index in [4.69, 9.17) is 0 Å². The molecule has 0 heterocycles. The monoisotopic (exact) mass is 348 g/mol. The van der Waals surface area contributed by atoms with Crippen LogP contribution in [0.2, 0.25) is 0 Å². The van der Waals surface area contributed by atoms with Crippen molar-refractivity contribution in [3.8, 4) is 0 Å². The van der Waals surface area contributed by atoms with Crippen LogP contribution in [0.15, 0.2) is 46.9 Å². The van der Waals surface area contributed by atoms with E-state index in [-0.39, 0.29) is 11.6 Å². The van der Waals surface area contributed by atoms with E-state index >= 15 is 0 Å². The van der Waals surface area contributed by atoms with Crippen LogP contribution in [0, 0.1) is 10.1 Å². The number of anilines is 1. The third-order valence-electron chi connectivity index (χ3n) is 3.04. The quantitative estimate of drug-likeness (QED) is 0.665. The summed E-state index contributed by atoms with van der Waals surface area (Å²) in [6.07, 6.45) is 0.564. The van der Waals surface area contributed by atoms with E-state index in [2.05, 4.69) is 21.2 Å². The molecule has 0 aliphatic rings. The average Bonchev–Trinajstić information content (AvgIpc) is 2.47. The number of halogens is 1. The van der Waals surface area contributed by atoms with Gasteiger partial charge in [0, 0.05) is 21.8 Å². The molecular weight excluding hydrogens is 336 g/mol. The molecule has 0 atom stereocenters. The summed E-state index contributed by atoms with van der Waals surface area (Å²) in [4.78, 5) is 22.8. The summed E-state index contributed by atoms with van der Waals surface area (Å²) >= 11 is 3.30. The van der Waals surface area contributed by atoms with Crippen molar-refractivity contribution >= 4 is 33.2 Å². The van der Waals surface area contributed by atoms with Crippen LogP contribution in [0.1, 0.15) is 22.8 Å². The minimum Gasteiger partial charge on any atom is -0.322 e. The minimum absolute atomic E-state index is 0.0161. The zero-order valence-electron chi connectivity index (χ0n) is 11.3. The van der Waals surface area contributed by atoms with E-state index in [1.807, 2.05) is 13.0 Å². The van der Waals surface area contributed by atoms with E-state index in [1.165, 1.54) is 6.07 Å². The van der Waals surface area contributed by atoms with Crippen molar-refractivity contribution in [2.75, 3.05) is 5.32 Å². The topological polar surface area (TPSA) is 72.2 Å². The molecule has 0 saturated heterocycles. The molecule has 1 N–H and O–H groups in total. The van der Waals surface area contributed by atoms with Gasteiger partial charge in [-0.1, -0.05) is 25.1 Å². The van der Waals surface area contributed by atoms with E-state index in [0.717, 1.165) is 0 Å². The zero-order valence-corrected chi connectivity index (χ0v) is 12.9. The Morgan fingerprint density at radius 1 is 1.29 bits per heavy atom. The highest BCUT2D eigenvalue weighted by Gasteiger charge is 2.15. The van der Waals surface area contributed by atoms with Crippen molar-refractivity contribution in [3.05, 3.63) is 68.2 Å². The number of nitro benzene ring substituents is 1. The predicted molar refractivity (Wildman–Crippen MR) is 84.6 cm³/mol. The second-order valence-corrected chi connectivity index (χ2v) is 5.24. The first-order chi connectivity index (χ1) is 10.0. The van der Waals surface area contributed by atoms with Crippen molar-refractivity contribution in [2.24, 2.45) is 0 Å². The smallest absolute Gasteiger partial charge is 0.274 e. The van der Waals surface area contributed by atoms with E-state index in [9.17, 15) is 14.9 Å². The molecule has 0 unspecified atom stereocenters. The number of hydrogen-bond acceptors (Lipinski definition) is 3. The Bertz CT molecular complexity index is 701. The first-order valence-electron chi connectivity index (χ1n) is 6.36. The van der Waals surface area contributed by atoms with Crippen LogP contribution in [0.25, 0.3) is 0 Å². The van der Waals surface area contributed by atoms with Crippen molar-refractivity contribution in [2.45, 2.75) is 13.3 Å². The van der Waals surface area contributed by atoms with Crippen LogP contribution >= 0.6 is 15.9 Å². The third-order valence-corrected chi connectivity index (χ3v) is 3.73. The number of benzene rings is 2. The Morgan fingerprint density at radius 2 is 2.00 bits per heavy atom. The molecule has 0 radical (unpaired) electrons. The highest BCUT2D eigenvalue weighted by atomic mass is 79.9. The van der Waals surface area contributed by atoms with Gasteiger partial charge in [0.15, 0.2) is 0 Å². The number of amides is 1. The molecule has 0 aromatic heterocycles. The van der Waals surface area contributed by atoms with Gasteiger partial charge >= 0.3 is 0 Å². The summed E-state index contributed by atoms with van der Waals surface area (Å²) < 4.78 is 0.669. The standard InChI is InChI=1S/C15H13BrN2O3/c1-2-10-7-8-11(9-14(10)18(20)21)17-15(19)12-5-3-4-6-13(12)16/h3-9H,2H2,1H3,(H,17,19). The maximum Gasteiger partial charge on any atom is 0.274 e. The maximum atomic E-state index is 12.2. The van der Waals surface area contributed by atoms with Gasteiger partial charge in [-0.3, -0.25) is 14.9 Å².